The molecule has 0 saturated carbocycles. The topological polar surface area (TPSA) is 50.4 Å². The highest BCUT2D eigenvalue weighted by molar-refractivity contribution is 5.80. The number of hydrogen-bond acceptors (Lipinski definition) is 3. The van der Waals surface area contributed by atoms with Crippen molar-refractivity contribution in [1.29, 1.82) is 0 Å². The van der Waals surface area contributed by atoms with E-state index in [1.165, 1.54) is 5.56 Å². The average molecular weight is 290 g/mol. The number of carbonyl (C=O) groups is 1. The van der Waals surface area contributed by atoms with E-state index in [1.54, 1.807) is 7.11 Å². The fourth-order valence-corrected chi connectivity index (χ4v) is 2.88. The van der Waals surface area contributed by atoms with Gasteiger partial charge >= 0.3 is 0 Å². The summed E-state index contributed by atoms with van der Waals surface area (Å²) in [6.07, 6.45) is 1.88. The molecule has 0 aliphatic carbocycles. The Morgan fingerprint density at radius 3 is 2.57 bits per heavy atom. The van der Waals surface area contributed by atoms with Crippen LogP contribution in [-0.2, 0) is 4.79 Å². The molecule has 1 amide bonds. The first-order valence-corrected chi connectivity index (χ1v) is 7.77. The molecule has 116 valence electrons. The highest BCUT2D eigenvalue weighted by Crippen LogP contribution is 2.24. The van der Waals surface area contributed by atoms with E-state index in [0.717, 1.165) is 31.7 Å². The quantitative estimate of drug-likeness (QED) is 0.811. The van der Waals surface area contributed by atoms with Crippen LogP contribution in [0.1, 0.15) is 38.3 Å². The maximum Gasteiger partial charge on any atom is 0.223 e. The zero-order valence-corrected chi connectivity index (χ0v) is 13.2. The fourth-order valence-electron chi connectivity index (χ4n) is 2.88. The van der Waals surface area contributed by atoms with Crippen LogP contribution < -0.4 is 15.4 Å². The Balaban J connectivity index is 1.90. The number of methoxy groups -OCH3 is 1. The smallest absolute Gasteiger partial charge is 0.223 e. The molecule has 0 aromatic heterocycles. The average Bonchev–Trinajstić information content (AvgIpc) is 2.89. The molecule has 1 fully saturated rings. The zero-order chi connectivity index (χ0) is 15.2. The summed E-state index contributed by atoms with van der Waals surface area (Å²) in [6, 6.07) is 8.52. The molecule has 2 N–H and O–H groups in total. The molecule has 2 rings (SSSR count). The summed E-state index contributed by atoms with van der Waals surface area (Å²) in [4.78, 5) is 11.6. The Labute approximate surface area is 127 Å². The van der Waals surface area contributed by atoms with Gasteiger partial charge < -0.3 is 15.4 Å². The van der Waals surface area contributed by atoms with Crippen LogP contribution in [0, 0.1) is 11.8 Å². The Bertz CT molecular complexity index is 456. The third-order valence-corrected chi connectivity index (χ3v) is 4.16. The van der Waals surface area contributed by atoms with Gasteiger partial charge in [0, 0.05) is 18.5 Å². The van der Waals surface area contributed by atoms with Gasteiger partial charge in [0.25, 0.3) is 0 Å². The second-order valence-electron chi connectivity index (χ2n) is 6.01. The third-order valence-electron chi connectivity index (χ3n) is 4.16. The first kappa shape index (κ1) is 15.8. The van der Waals surface area contributed by atoms with Gasteiger partial charge in [0.1, 0.15) is 5.75 Å². The van der Waals surface area contributed by atoms with E-state index in [0.29, 0.717) is 12.0 Å². The van der Waals surface area contributed by atoms with Crippen LogP contribution in [0.4, 0.5) is 0 Å². The van der Waals surface area contributed by atoms with Crippen LogP contribution in [0.15, 0.2) is 24.3 Å². The number of rotatable bonds is 7. The van der Waals surface area contributed by atoms with E-state index in [-0.39, 0.29) is 11.8 Å². The molecular formula is C17H26N2O2. The molecular weight excluding hydrogens is 264 g/mol. The number of benzene rings is 1. The summed E-state index contributed by atoms with van der Waals surface area (Å²) in [5, 5.41) is 6.49. The minimum absolute atomic E-state index is 0.182. The van der Waals surface area contributed by atoms with Crippen molar-refractivity contribution in [3.63, 3.8) is 0 Å². The first-order valence-electron chi connectivity index (χ1n) is 7.77. The zero-order valence-electron chi connectivity index (χ0n) is 13.2. The van der Waals surface area contributed by atoms with E-state index in [9.17, 15) is 4.79 Å². The van der Waals surface area contributed by atoms with Crippen LogP contribution >= 0.6 is 0 Å². The summed E-state index contributed by atoms with van der Waals surface area (Å²) in [5.41, 5.74) is 1.27. The maximum absolute atomic E-state index is 11.6. The van der Waals surface area contributed by atoms with Crippen LogP contribution in [0.5, 0.6) is 5.75 Å². The summed E-state index contributed by atoms with van der Waals surface area (Å²) in [6.45, 7) is 6.12. The van der Waals surface area contributed by atoms with E-state index >= 15 is 0 Å². The highest BCUT2D eigenvalue weighted by Gasteiger charge is 2.24. The van der Waals surface area contributed by atoms with Crippen molar-refractivity contribution in [2.45, 2.75) is 32.7 Å². The van der Waals surface area contributed by atoms with Crippen molar-refractivity contribution in [1.82, 2.24) is 10.6 Å². The van der Waals surface area contributed by atoms with E-state index in [2.05, 4.69) is 36.6 Å². The molecule has 2 atom stereocenters. The predicted molar refractivity (Wildman–Crippen MR) is 84.3 cm³/mol. The van der Waals surface area contributed by atoms with Gasteiger partial charge in [-0.05, 0) is 43.0 Å². The monoisotopic (exact) mass is 290 g/mol. The highest BCUT2D eigenvalue weighted by atomic mass is 16.5. The lowest BCUT2D eigenvalue weighted by atomic mass is 9.95. The second kappa shape index (κ2) is 7.46. The summed E-state index contributed by atoms with van der Waals surface area (Å²) in [7, 11) is 1.68. The fraction of sp³-hybridized carbons (Fsp3) is 0.588. The minimum atomic E-state index is 0.182. The molecule has 1 aliphatic rings. The molecule has 1 heterocycles. The minimum Gasteiger partial charge on any atom is -0.497 e. The van der Waals surface area contributed by atoms with Crippen molar-refractivity contribution < 1.29 is 9.53 Å². The lowest BCUT2D eigenvalue weighted by Gasteiger charge is -2.24. The second-order valence-corrected chi connectivity index (χ2v) is 6.01. The van der Waals surface area contributed by atoms with Crippen molar-refractivity contribution in [3.05, 3.63) is 29.8 Å². The first-order chi connectivity index (χ1) is 10.1. The maximum atomic E-state index is 11.6. The van der Waals surface area contributed by atoms with Gasteiger partial charge in [0.2, 0.25) is 5.91 Å². The predicted octanol–water partition coefficient (Wildman–Crippen LogP) is 2.51. The molecule has 1 aliphatic heterocycles. The Kier molecular flexibility index (Phi) is 5.62. The van der Waals surface area contributed by atoms with Crippen molar-refractivity contribution in [3.8, 4) is 5.75 Å². The van der Waals surface area contributed by atoms with Crippen molar-refractivity contribution >= 4 is 5.91 Å². The van der Waals surface area contributed by atoms with Gasteiger partial charge in [-0.25, -0.2) is 0 Å². The largest absolute Gasteiger partial charge is 0.497 e. The molecule has 1 aromatic rings. The van der Waals surface area contributed by atoms with E-state index < -0.39 is 0 Å². The van der Waals surface area contributed by atoms with E-state index in [1.807, 2.05) is 12.1 Å². The number of carbonyl (C=O) groups excluding carboxylic acids is 1. The van der Waals surface area contributed by atoms with Crippen LogP contribution in [-0.4, -0.2) is 26.1 Å². The molecule has 1 saturated heterocycles. The number of amides is 1. The van der Waals surface area contributed by atoms with Crippen molar-refractivity contribution in [2.75, 3.05) is 20.2 Å². The van der Waals surface area contributed by atoms with E-state index in [4.69, 9.17) is 4.74 Å². The van der Waals surface area contributed by atoms with Crippen LogP contribution in [0.25, 0.3) is 0 Å². The SMILES string of the molecule is COc1ccc([C@@H](NCC[C@H]2CCNC2=O)C(C)C)cc1. The van der Waals surface area contributed by atoms with Gasteiger partial charge in [-0.1, -0.05) is 26.0 Å². The van der Waals surface area contributed by atoms with Crippen LogP contribution in [0.3, 0.4) is 0 Å². The third kappa shape index (κ3) is 4.21. The van der Waals surface area contributed by atoms with Crippen LogP contribution in [0.2, 0.25) is 0 Å². The summed E-state index contributed by atoms with van der Waals surface area (Å²) in [5.74, 6) is 1.77. The Morgan fingerprint density at radius 2 is 2.05 bits per heavy atom. The molecule has 1 aromatic carbocycles. The lowest BCUT2D eigenvalue weighted by Crippen LogP contribution is -2.29. The van der Waals surface area contributed by atoms with Gasteiger partial charge in [-0.15, -0.1) is 0 Å². The van der Waals surface area contributed by atoms with Crippen molar-refractivity contribution in [2.24, 2.45) is 11.8 Å². The molecule has 21 heavy (non-hydrogen) atoms. The Morgan fingerprint density at radius 1 is 1.33 bits per heavy atom. The molecule has 0 radical (unpaired) electrons. The number of ether oxygens (including phenoxy) is 1. The van der Waals surface area contributed by atoms with Gasteiger partial charge in [-0.3, -0.25) is 4.79 Å². The normalized spacial score (nSPS) is 19.6. The molecule has 4 heteroatoms. The summed E-state index contributed by atoms with van der Waals surface area (Å²) < 4.78 is 5.21. The molecule has 4 nitrogen and oxygen atoms in total. The standard InChI is InChI=1S/C17H26N2O2/c1-12(2)16(13-4-6-15(21-3)7-5-13)18-10-8-14-9-11-19-17(14)20/h4-7,12,14,16,18H,8-11H2,1-3H3,(H,19,20)/t14-,16-/m0/s1. The summed E-state index contributed by atoms with van der Waals surface area (Å²) >= 11 is 0. The number of hydrogen-bond donors (Lipinski definition) is 2. The Hall–Kier alpha value is -1.55. The van der Waals surface area contributed by atoms with Gasteiger partial charge in [0.15, 0.2) is 0 Å². The molecule has 0 bridgehead atoms. The number of nitrogens with one attached hydrogen (secondary N) is 2. The molecule has 0 unspecified atom stereocenters. The van der Waals surface area contributed by atoms with Gasteiger partial charge in [-0.2, -0.15) is 0 Å². The van der Waals surface area contributed by atoms with Gasteiger partial charge in [0.05, 0.1) is 7.11 Å². The lowest BCUT2D eigenvalue weighted by molar-refractivity contribution is -0.122. The molecule has 0 spiro atoms.